The van der Waals surface area contributed by atoms with Crippen molar-refractivity contribution in [1.29, 1.82) is 0 Å². The van der Waals surface area contributed by atoms with Gasteiger partial charge in [0.25, 0.3) is 0 Å². The van der Waals surface area contributed by atoms with Gasteiger partial charge in [0.15, 0.2) is 0 Å². The average molecular weight is 786 g/mol. The summed E-state index contributed by atoms with van der Waals surface area (Å²) in [6, 6.07) is 4.85. The van der Waals surface area contributed by atoms with Crippen LogP contribution in [0.4, 0.5) is 0 Å². The summed E-state index contributed by atoms with van der Waals surface area (Å²) < 4.78 is 14.3. The van der Waals surface area contributed by atoms with Gasteiger partial charge in [-0.1, -0.05) is 99.3 Å². The third kappa shape index (κ3) is 6.47. The zero-order valence-electron chi connectivity index (χ0n) is 33.4. The number of benzene rings is 1. The Hall–Kier alpha value is -2.46. The molecule has 7 aromatic heterocycles. The molecule has 8 aromatic rings. The van der Waals surface area contributed by atoms with E-state index >= 15 is 0 Å². The first-order valence-corrected chi connectivity index (χ1v) is 24.2. The van der Waals surface area contributed by atoms with Crippen LogP contribution >= 0.6 is 45.3 Å². The molecule has 0 amide bonds. The zero-order chi connectivity index (χ0) is 37.0. The molecule has 0 aliphatic carbocycles. The van der Waals surface area contributed by atoms with Gasteiger partial charge in [0.2, 0.25) is 0 Å². The number of nitrogens with zero attached hydrogens (tertiary/aromatic N) is 5. The van der Waals surface area contributed by atoms with E-state index in [1.807, 2.05) is 45.3 Å². The molecule has 53 heavy (non-hydrogen) atoms. The van der Waals surface area contributed by atoms with Gasteiger partial charge >= 0.3 is 0 Å². The van der Waals surface area contributed by atoms with Gasteiger partial charge in [-0.2, -0.15) is 15.0 Å². The Bertz CT molecular complexity index is 2360. The predicted molar refractivity (Wildman–Crippen MR) is 239 cm³/mol. The van der Waals surface area contributed by atoms with Crippen LogP contribution in [0.25, 0.3) is 72.1 Å². The first-order valence-electron chi connectivity index (χ1n) is 20.9. The average Bonchev–Trinajstić information content (AvgIpc) is 4.00. The monoisotopic (exact) mass is 785 g/mol. The van der Waals surface area contributed by atoms with Crippen LogP contribution in [-0.4, -0.2) is 24.1 Å². The van der Waals surface area contributed by atoms with Crippen LogP contribution in [0.3, 0.4) is 0 Å². The Kier molecular flexibility index (Phi) is 11.0. The van der Waals surface area contributed by atoms with Crippen LogP contribution in [0, 0.1) is 31.6 Å². The van der Waals surface area contributed by atoms with Crippen molar-refractivity contribution < 1.29 is 0 Å². The fourth-order valence-corrected chi connectivity index (χ4v) is 14.3. The Balaban J connectivity index is 1.53. The first kappa shape index (κ1) is 37.5. The molecule has 284 valence electrons. The summed E-state index contributed by atoms with van der Waals surface area (Å²) in [6.07, 6.45) is 15.0. The van der Waals surface area contributed by atoms with Crippen molar-refractivity contribution >= 4 is 117 Å². The van der Waals surface area contributed by atoms with Crippen LogP contribution in [0.15, 0.2) is 12.1 Å². The molecule has 0 N–H and O–H groups in total. The van der Waals surface area contributed by atoms with E-state index in [9.17, 15) is 0 Å². The summed E-state index contributed by atoms with van der Waals surface area (Å²) >= 11 is 7.99. The lowest BCUT2D eigenvalue weighted by molar-refractivity contribution is 0.351. The largest absolute Gasteiger partial charge is 0.337 e. The van der Waals surface area contributed by atoms with Crippen LogP contribution in [0.1, 0.15) is 128 Å². The molecule has 9 heteroatoms. The Morgan fingerprint density at radius 1 is 0.509 bits per heavy atom. The van der Waals surface area contributed by atoms with Gasteiger partial charge in [-0.25, -0.2) is 0 Å². The van der Waals surface area contributed by atoms with E-state index < -0.39 is 0 Å². The highest BCUT2D eigenvalue weighted by molar-refractivity contribution is 7.34. The number of fused-ring (bicyclic) bond motifs is 14. The van der Waals surface area contributed by atoms with Crippen molar-refractivity contribution in [2.75, 3.05) is 0 Å². The third-order valence-corrected chi connectivity index (χ3v) is 16.9. The van der Waals surface area contributed by atoms with Crippen molar-refractivity contribution in [3.8, 4) is 0 Å². The van der Waals surface area contributed by atoms with Gasteiger partial charge in [-0.05, 0) is 63.0 Å². The normalized spacial score (nSPS) is 14.6. The number of thiophene rings is 4. The summed E-state index contributed by atoms with van der Waals surface area (Å²) in [4.78, 5) is 4.93. The Morgan fingerprint density at radius 2 is 0.906 bits per heavy atom. The van der Waals surface area contributed by atoms with Crippen molar-refractivity contribution in [2.45, 2.75) is 152 Å². The highest BCUT2D eigenvalue weighted by atomic mass is 32.1. The van der Waals surface area contributed by atoms with Crippen LogP contribution < -0.4 is 0 Å². The molecule has 0 spiro atoms. The van der Waals surface area contributed by atoms with E-state index in [1.165, 1.54) is 141 Å². The number of unbranched alkanes of at least 4 members (excludes halogenated alkanes) is 3. The van der Waals surface area contributed by atoms with Crippen molar-refractivity contribution in [2.24, 2.45) is 17.8 Å². The number of aryl methyl sites for hydroxylation is 2. The maximum absolute atomic E-state index is 5.56. The van der Waals surface area contributed by atoms with Crippen molar-refractivity contribution in [3.63, 3.8) is 0 Å². The molecule has 0 saturated carbocycles. The minimum atomic E-state index is 0.592. The summed E-state index contributed by atoms with van der Waals surface area (Å²) in [5, 5.41) is 13.8. The summed E-state index contributed by atoms with van der Waals surface area (Å²) in [6.45, 7) is 21.7. The number of rotatable bonds is 18. The van der Waals surface area contributed by atoms with E-state index in [0.29, 0.717) is 17.8 Å². The SMILES string of the molecule is CCCCC(CC)Cn1nc2c(n1)c1c3sc4cc(C)sc4c3n(CC(CC)CCCC)c1c1c2c2sc3cc(C)sc3c2n1CC(CC)CCCC. The van der Waals surface area contributed by atoms with Gasteiger partial charge in [0, 0.05) is 43.0 Å². The lowest BCUT2D eigenvalue weighted by Gasteiger charge is -2.20. The lowest BCUT2D eigenvalue weighted by atomic mass is 9.99. The topological polar surface area (TPSA) is 40.6 Å². The molecule has 8 rings (SSSR count). The Morgan fingerprint density at radius 3 is 1.28 bits per heavy atom. The second-order valence-corrected chi connectivity index (χ2v) is 20.6. The maximum Gasteiger partial charge on any atom is 0.124 e. The van der Waals surface area contributed by atoms with Crippen LogP contribution in [-0.2, 0) is 19.6 Å². The number of hydrogen-bond donors (Lipinski definition) is 0. The molecule has 0 bridgehead atoms. The van der Waals surface area contributed by atoms with Crippen molar-refractivity contribution in [3.05, 3.63) is 21.9 Å². The molecule has 0 radical (unpaired) electrons. The Labute approximate surface area is 331 Å². The summed E-state index contributed by atoms with van der Waals surface area (Å²) in [5.74, 6) is 1.87. The molecule has 3 unspecified atom stereocenters. The summed E-state index contributed by atoms with van der Waals surface area (Å²) in [5.41, 5.74) is 8.01. The maximum atomic E-state index is 5.56. The van der Waals surface area contributed by atoms with E-state index in [-0.39, 0.29) is 0 Å². The van der Waals surface area contributed by atoms with Gasteiger partial charge in [0.05, 0.1) is 47.4 Å². The van der Waals surface area contributed by atoms with Crippen LogP contribution in [0.2, 0.25) is 0 Å². The van der Waals surface area contributed by atoms with Crippen LogP contribution in [0.5, 0.6) is 0 Å². The molecule has 3 atom stereocenters. The quantitative estimate of drug-likeness (QED) is 0.0869. The number of hydrogen-bond acceptors (Lipinski definition) is 6. The standard InChI is InChI=1S/C44H59N5S4/c1-9-15-18-28(12-4)23-47-37-33(43-39(47)41-31(52-43)21-26(7)50-41)35-36(46-49(45-35)25-30(14-6)20-17-11-3)34-38(37)48(24-29(13-5)19-16-10-2)40-42-32(53-44(34)40)22-27(8)51-42/h21-22,28-30H,9-20,23-25H2,1-8H3. The molecule has 1 aromatic carbocycles. The fraction of sp³-hybridized carbons (Fsp3) is 0.591. The number of aromatic nitrogens is 5. The van der Waals surface area contributed by atoms with Crippen molar-refractivity contribution in [1.82, 2.24) is 24.1 Å². The van der Waals surface area contributed by atoms with Gasteiger partial charge < -0.3 is 9.13 Å². The van der Waals surface area contributed by atoms with Gasteiger partial charge in [-0.15, -0.1) is 45.3 Å². The first-order chi connectivity index (χ1) is 25.8. The summed E-state index contributed by atoms with van der Waals surface area (Å²) in [7, 11) is 0. The molecular formula is C44H59N5S4. The van der Waals surface area contributed by atoms with E-state index in [2.05, 4.69) is 81.5 Å². The molecule has 0 saturated heterocycles. The highest BCUT2D eigenvalue weighted by Crippen LogP contribution is 2.53. The van der Waals surface area contributed by atoms with E-state index in [1.54, 1.807) is 0 Å². The smallest absolute Gasteiger partial charge is 0.124 e. The molecule has 0 fully saturated rings. The zero-order valence-corrected chi connectivity index (χ0v) is 36.6. The minimum absolute atomic E-state index is 0.592. The second-order valence-electron chi connectivity index (χ2n) is 16.0. The third-order valence-electron chi connectivity index (χ3n) is 12.2. The molecule has 7 heterocycles. The van der Waals surface area contributed by atoms with Gasteiger partial charge in [-0.3, -0.25) is 0 Å². The van der Waals surface area contributed by atoms with E-state index in [0.717, 1.165) is 37.1 Å². The predicted octanol–water partition coefficient (Wildman–Crippen LogP) is 15.5. The van der Waals surface area contributed by atoms with Gasteiger partial charge in [0.1, 0.15) is 11.0 Å². The molecule has 0 aliphatic heterocycles. The second kappa shape index (κ2) is 15.6. The lowest BCUT2D eigenvalue weighted by Crippen LogP contribution is -2.13. The van der Waals surface area contributed by atoms with E-state index in [4.69, 9.17) is 10.2 Å². The molecule has 0 aliphatic rings. The molecular weight excluding hydrogens is 727 g/mol. The highest BCUT2D eigenvalue weighted by Gasteiger charge is 2.31. The minimum Gasteiger partial charge on any atom is -0.337 e. The fourth-order valence-electron chi connectivity index (χ4n) is 9.09. The molecule has 5 nitrogen and oxygen atoms in total.